The summed E-state index contributed by atoms with van der Waals surface area (Å²) in [7, 11) is 1.46. The van der Waals surface area contributed by atoms with Crippen LogP contribution >= 0.6 is 0 Å². The lowest BCUT2D eigenvalue weighted by Crippen LogP contribution is -2.19. The van der Waals surface area contributed by atoms with E-state index in [0.29, 0.717) is 6.08 Å². The minimum Gasteiger partial charge on any atom is -0.394 e. The summed E-state index contributed by atoms with van der Waals surface area (Å²) >= 11 is 0. The summed E-state index contributed by atoms with van der Waals surface area (Å²) in [4.78, 5) is 0. The van der Waals surface area contributed by atoms with E-state index in [9.17, 15) is 13.2 Å². The van der Waals surface area contributed by atoms with Gasteiger partial charge in [0, 0.05) is 7.05 Å². The van der Waals surface area contributed by atoms with Gasteiger partial charge in [0.25, 0.3) is 0 Å². The average Bonchev–Trinajstić information content (AvgIpc) is 1.80. The van der Waals surface area contributed by atoms with Gasteiger partial charge in [-0.15, -0.1) is 0 Å². The molecule has 0 fully saturated rings. The van der Waals surface area contributed by atoms with E-state index < -0.39 is 11.9 Å². The molecule has 0 saturated heterocycles. The number of rotatable bonds is 2. The highest BCUT2D eigenvalue weighted by atomic mass is 19.4. The van der Waals surface area contributed by atoms with Crippen LogP contribution in [-0.4, -0.2) is 18.9 Å². The number of hydrogen-bond donors (Lipinski definition) is 2. The standard InChI is InChI=1S/C5H7F3N2/c1-10-3-2-4(9)5(6,7)8/h2-3,9-10H,1H3/b3-2-,9-4?. The van der Waals surface area contributed by atoms with E-state index in [2.05, 4.69) is 5.32 Å². The van der Waals surface area contributed by atoms with Gasteiger partial charge in [0.05, 0.1) is 0 Å². The molecule has 2 nitrogen and oxygen atoms in total. The highest BCUT2D eigenvalue weighted by Gasteiger charge is 2.31. The quantitative estimate of drug-likeness (QED) is 0.575. The molecule has 0 rings (SSSR count). The molecule has 0 unspecified atom stereocenters. The van der Waals surface area contributed by atoms with E-state index in [1.165, 1.54) is 7.05 Å². The lowest BCUT2D eigenvalue weighted by molar-refractivity contribution is -0.0584. The lowest BCUT2D eigenvalue weighted by Gasteiger charge is -2.01. The Balaban J connectivity index is 3.98. The molecule has 58 valence electrons. The summed E-state index contributed by atoms with van der Waals surface area (Å²) in [5, 5.41) is 8.74. The van der Waals surface area contributed by atoms with Crippen LogP contribution in [0.15, 0.2) is 12.3 Å². The number of alkyl halides is 3. The van der Waals surface area contributed by atoms with Crippen LogP contribution in [0, 0.1) is 5.41 Å². The van der Waals surface area contributed by atoms with Gasteiger partial charge in [-0.3, -0.25) is 5.41 Å². The Labute approximate surface area is 56.2 Å². The summed E-state index contributed by atoms with van der Waals surface area (Å²) in [6, 6.07) is 0. The van der Waals surface area contributed by atoms with E-state index in [0.717, 1.165) is 6.20 Å². The monoisotopic (exact) mass is 152 g/mol. The summed E-state index contributed by atoms with van der Waals surface area (Å²) in [5.41, 5.74) is -1.36. The first-order chi connectivity index (χ1) is 4.48. The van der Waals surface area contributed by atoms with Crippen molar-refractivity contribution in [3.8, 4) is 0 Å². The normalized spacial score (nSPS) is 12.0. The van der Waals surface area contributed by atoms with Crippen molar-refractivity contribution in [3.63, 3.8) is 0 Å². The van der Waals surface area contributed by atoms with Crippen molar-refractivity contribution >= 4 is 5.71 Å². The third-order valence-electron chi connectivity index (χ3n) is 0.722. The van der Waals surface area contributed by atoms with Gasteiger partial charge in [0.2, 0.25) is 0 Å². The summed E-state index contributed by atoms with van der Waals surface area (Å²) < 4.78 is 34.4. The van der Waals surface area contributed by atoms with Gasteiger partial charge in [-0.05, 0) is 12.3 Å². The molecule has 0 aliphatic heterocycles. The van der Waals surface area contributed by atoms with Gasteiger partial charge in [-0.2, -0.15) is 13.2 Å². The molecule has 0 aromatic carbocycles. The van der Waals surface area contributed by atoms with Gasteiger partial charge in [0.1, 0.15) is 5.71 Å². The third-order valence-corrected chi connectivity index (χ3v) is 0.722. The van der Waals surface area contributed by atoms with Crippen molar-refractivity contribution in [3.05, 3.63) is 12.3 Å². The van der Waals surface area contributed by atoms with Crippen LogP contribution in [0.3, 0.4) is 0 Å². The predicted octanol–water partition coefficient (Wildman–Crippen LogP) is 1.30. The maximum absolute atomic E-state index is 11.5. The summed E-state index contributed by atoms with van der Waals surface area (Å²) in [6.07, 6.45) is -2.83. The molecule has 0 saturated carbocycles. The van der Waals surface area contributed by atoms with E-state index >= 15 is 0 Å². The first kappa shape index (κ1) is 9.00. The molecule has 0 radical (unpaired) electrons. The maximum atomic E-state index is 11.5. The molecule has 0 amide bonds. The average molecular weight is 152 g/mol. The smallest absolute Gasteiger partial charge is 0.394 e. The summed E-state index contributed by atoms with van der Waals surface area (Å²) in [6.45, 7) is 0. The van der Waals surface area contributed by atoms with Crippen molar-refractivity contribution in [2.45, 2.75) is 6.18 Å². The number of nitrogens with one attached hydrogen (secondary N) is 2. The van der Waals surface area contributed by atoms with Crippen LogP contribution in [0.5, 0.6) is 0 Å². The third kappa shape index (κ3) is 3.11. The number of allylic oxidation sites excluding steroid dienone is 1. The Kier molecular flexibility index (Phi) is 2.92. The fourth-order valence-electron chi connectivity index (χ4n) is 0.261. The first-order valence-corrected chi connectivity index (χ1v) is 2.48. The molecule has 0 bridgehead atoms. The predicted molar refractivity (Wildman–Crippen MR) is 32.0 cm³/mol. The topological polar surface area (TPSA) is 35.9 Å². The van der Waals surface area contributed by atoms with Crippen molar-refractivity contribution < 1.29 is 13.2 Å². The molecule has 2 N–H and O–H groups in total. The SMILES string of the molecule is CN/C=C\C(=N)C(F)(F)F. The van der Waals surface area contributed by atoms with E-state index in [4.69, 9.17) is 5.41 Å². The Morgan fingerprint density at radius 3 is 2.30 bits per heavy atom. The van der Waals surface area contributed by atoms with Gasteiger partial charge in [-0.25, -0.2) is 0 Å². The Hall–Kier alpha value is -1.00. The van der Waals surface area contributed by atoms with Crippen molar-refractivity contribution in [1.29, 1.82) is 5.41 Å². The van der Waals surface area contributed by atoms with Crippen molar-refractivity contribution in [1.82, 2.24) is 5.32 Å². The molecule has 0 spiro atoms. The number of hydrogen-bond acceptors (Lipinski definition) is 2. The second kappa shape index (κ2) is 3.24. The molecule has 0 aromatic rings. The van der Waals surface area contributed by atoms with Gasteiger partial charge in [0.15, 0.2) is 0 Å². The zero-order valence-electron chi connectivity index (χ0n) is 5.29. The minimum atomic E-state index is -4.53. The van der Waals surface area contributed by atoms with Crippen LogP contribution in [0.2, 0.25) is 0 Å². The molecule has 10 heavy (non-hydrogen) atoms. The molecular formula is C5H7F3N2. The molecule has 0 atom stereocenters. The van der Waals surface area contributed by atoms with Gasteiger partial charge < -0.3 is 5.32 Å². The Morgan fingerprint density at radius 2 is 2.00 bits per heavy atom. The van der Waals surface area contributed by atoms with Crippen molar-refractivity contribution in [2.24, 2.45) is 0 Å². The summed E-state index contributed by atoms with van der Waals surface area (Å²) in [5.74, 6) is 0. The van der Waals surface area contributed by atoms with Crippen LogP contribution in [0.1, 0.15) is 0 Å². The van der Waals surface area contributed by atoms with Crippen LogP contribution in [-0.2, 0) is 0 Å². The van der Waals surface area contributed by atoms with Crippen LogP contribution in [0.25, 0.3) is 0 Å². The highest BCUT2D eigenvalue weighted by molar-refractivity contribution is 5.96. The van der Waals surface area contributed by atoms with E-state index in [1.807, 2.05) is 0 Å². The maximum Gasteiger partial charge on any atom is 0.432 e. The molecule has 5 heteroatoms. The van der Waals surface area contributed by atoms with Crippen LogP contribution in [0.4, 0.5) is 13.2 Å². The van der Waals surface area contributed by atoms with Crippen molar-refractivity contribution in [2.75, 3.05) is 7.05 Å². The fourth-order valence-corrected chi connectivity index (χ4v) is 0.261. The van der Waals surface area contributed by atoms with Gasteiger partial charge in [-0.1, -0.05) is 0 Å². The molecular weight excluding hydrogens is 145 g/mol. The molecule has 0 aliphatic rings. The highest BCUT2D eigenvalue weighted by Crippen LogP contribution is 2.16. The molecule has 0 aromatic heterocycles. The van der Waals surface area contributed by atoms with Crippen LogP contribution < -0.4 is 5.32 Å². The second-order valence-electron chi connectivity index (χ2n) is 1.53. The molecule has 0 heterocycles. The Bertz CT molecular complexity index is 147. The second-order valence-corrected chi connectivity index (χ2v) is 1.53. The lowest BCUT2D eigenvalue weighted by atomic mass is 10.3. The van der Waals surface area contributed by atoms with E-state index in [-0.39, 0.29) is 0 Å². The zero-order valence-corrected chi connectivity index (χ0v) is 5.29. The fraction of sp³-hybridized carbons (Fsp3) is 0.400. The largest absolute Gasteiger partial charge is 0.432 e. The minimum absolute atomic E-state index is 0.653. The zero-order chi connectivity index (χ0) is 8.20. The van der Waals surface area contributed by atoms with Gasteiger partial charge >= 0.3 is 6.18 Å². The first-order valence-electron chi connectivity index (χ1n) is 2.48. The molecule has 0 aliphatic carbocycles. The van der Waals surface area contributed by atoms with E-state index in [1.54, 1.807) is 0 Å². The number of halogens is 3. The Morgan fingerprint density at radius 1 is 1.50 bits per heavy atom.